The standard InChI is InChI=1S/C11H19NO3/c1-3-8(2)7-10(13)12-6-4-5-9(12)11(14)15/h8-9H,3-7H2,1-2H3,(H,14,15)/t8?,9-/m1/s1. The molecule has 0 aliphatic carbocycles. The van der Waals surface area contributed by atoms with Crippen LogP contribution < -0.4 is 0 Å². The quantitative estimate of drug-likeness (QED) is 0.769. The van der Waals surface area contributed by atoms with Crippen LogP contribution in [0.2, 0.25) is 0 Å². The molecule has 1 amide bonds. The van der Waals surface area contributed by atoms with Crippen molar-refractivity contribution in [2.45, 2.75) is 45.6 Å². The van der Waals surface area contributed by atoms with Crippen molar-refractivity contribution in [2.24, 2.45) is 5.92 Å². The van der Waals surface area contributed by atoms with Crippen LogP contribution in [-0.4, -0.2) is 34.5 Å². The summed E-state index contributed by atoms with van der Waals surface area (Å²) in [5.41, 5.74) is 0. The van der Waals surface area contributed by atoms with E-state index in [2.05, 4.69) is 0 Å². The van der Waals surface area contributed by atoms with Crippen molar-refractivity contribution >= 4 is 11.9 Å². The fraction of sp³-hybridized carbons (Fsp3) is 0.818. The van der Waals surface area contributed by atoms with Gasteiger partial charge < -0.3 is 10.0 Å². The molecule has 0 saturated carbocycles. The number of carbonyl (C=O) groups excluding carboxylic acids is 1. The number of nitrogens with zero attached hydrogens (tertiary/aromatic N) is 1. The van der Waals surface area contributed by atoms with Crippen LogP contribution in [-0.2, 0) is 9.59 Å². The lowest BCUT2D eigenvalue weighted by Crippen LogP contribution is -2.40. The monoisotopic (exact) mass is 213 g/mol. The molecule has 2 atom stereocenters. The molecular weight excluding hydrogens is 194 g/mol. The molecule has 1 aliphatic rings. The molecule has 1 aliphatic heterocycles. The van der Waals surface area contributed by atoms with E-state index in [1.807, 2.05) is 13.8 Å². The minimum atomic E-state index is -0.870. The van der Waals surface area contributed by atoms with Crippen molar-refractivity contribution in [3.8, 4) is 0 Å². The summed E-state index contributed by atoms with van der Waals surface area (Å²) < 4.78 is 0. The Hall–Kier alpha value is -1.06. The van der Waals surface area contributed by atoms with Crippen LogP contribution in [0.3, 0.4) is 0 Å². The highest BCUT2D eigenvalue weighted by atomic mass is 16.4. The van der Waals surface area contributed by atoms with Crippen molar-refractivity contribution in [3.05, 3.63) is 0 Å². The summed E-state index contributed by atoms with van der Waals surface area (Å²) in [6, 6.07) is -0.582. The smallest absolute Gasteiger partial charge is 0.326 e. The first kappa shape index (κ1) is 12.0. The zero-order chi connectivity index (χ0) is 11.4. The molecule has 0 aromatic rings. The summed E-state index contributed by atoms with van der Waals surface area (Å²) in [5, 5.41) is 8.93. The van der Waals surface area contributed by atoms with Gasteiger partial charge in [0, 0.05) is 13.0 Å². The van der Waals surface area contributed by atoms with E-state index in [-0.39, 0.29) is 5.91 Å². The largest absolute Gasteiger partial charge is 0.480 e. The summed E-state index contributed by atoms with van der Waals surface area (Å²) in [6.45, 7) is 4.66. The van der Waals surface area contributed by atoms with Gasteiger partial charge in [0.05, 0.1) is 0 Å². The topological polar surface area (TPSA) is 57.6 Å². The van der Waals surface area contributed by atoms with Crippen LogP contribution >= 0.6 is 0 Å². The van der Waals surface area contributed by atoms with Gasteiger partial charge in [-0.25, -0.2) is 4.79 Å². The molecule has 0 aromatic heterocycles. The highest BCUT2D eigenvalue weighted by Crippen LogP contribution is 2.20. The van der Waals surface area contributed by atoms with Gasteiger partial charge in [-0.2, -0.15) is 0 Å². The number of carboxylic acid groups (broad SMARTS) is 1. The van der Waals surface area contributed by atoms with Crippen LogP contribution in [0.4, 0.5) is 0 Å². The first-order valence-electron chi connectivity index (χ1n) is 5.58. The average Bonchev–Trinajstić information content (AvgIpc) is 2.65. The molecule has 0 aromatic carbocycles. The number of rotatable bonds is 4. The fourth-order valence-electron chi connectivity index (χ4n) is 1.88. The van der Waals surface area contributed by atoms with Gasteiger partial charge in [0.25, 0.3) is 0 Å². The summed E-state index contributed by atoms with van der Waals surface area (Å²) in [4.78, 5) is 24.2. The Morgan fingerprint density at radius 1 is 1.53 bits per heavy atom. The Morgan fingerprint density at radius 2 is 2.20 bits per heavy atom. The highest BCUT2D eigenvalue weighted by Gasteiger charge is 2.33. The van der Waals surface area contributed by atoms with Gasteiger partial charge in [0.1, 0.15) is 6.04 Å². The highest BCUT2D eigenvalue weighted by molar-refractivity contribution is 5.84. The summed E-state index contributed by atoms with van der Waals surface area (Å²) >= 11 is 0. The van der Waals surface area contributed by atoms with E-state index in [4.69, 9.17) is 5.11 Å². The SMILES string of the molecule is CCC(C)CC(=O)N1CCC[C@@H]1C(=O)O. The second-order valence-electron chi connectivity index (χ2n) is 4.30. The van der Waals surface area contributed by atoms with Crippen LogP contribution in [0.15, 0.2) is 0 Å². The summed E-state index contributed by atoms with van der Waals surface area (Å²) in [6.07, 6.45) is 2.84. The third-order valence-corrected chi connectivity index (χ3v) is 3.08. The molecule has 1 fully saturated rings. The number of hydrogen-bond acceptors (Lipinski definition) is 2. The first-order chi connectivity index (χ1) is 7.06. The molecule has 1 saturated heterocycles. The van der Waals surface area contributed by atoms with Gasteiger partial charge in [-0.05, 0) is 18.8 Å². The van der Waals surface area contributed by atoms with Crippen molar-refractivity contribution in [1.82, 2.24) is 4.90 Å². The second kappa shape index (κ2) is 5.14. The average molecular weight is 213 g/mol. The fourth-order valence-corrected chi connectivity index (χ4v) is 1.88. The zero-order valence-corrected chi connectivity index (χ0v) is 9.40. The lowest BCUT2D eigenvalue weighted by atomic mass is 10.0. The Labute approximate surface area is 90.3 Å². The predicted molar refractivity (Wildman–Crippen MR) is 56.4 cm³/mol. The van der Waals surface area contributed by atoms with E-state index >= 15 is 0 Å². The summed E-state index contributed by atoms with van der Waals surface area (Å²) in [5.74, 6) is -0.535. The van der Waals surface area contributed by atoms with Crippen molar-refractivity contribution < 1.29 is 14.7 Å². The van der Waals surface area contributed by atoms with Crippen LogP contribution in [0, 0.1) is 5.92 Å². The maximum absolute atomic E-state index is 11.8. The second-order valence-corrected chi connectivity index (χ2v) is 4.30. The maximum atomic E-state index is 11.8. The van der Waals surface area contributed by atoms with Gasteiger partial charge in [-0.3, -0.25) is 4.79 Å². The van der Waals surface area contributed by atoms with Gasteiger partial charge in [-0.1, -0.05) is 20.3 Å². The number of aliphatic carboxylic acids is 1. The van der Waals surface area contributed by atoms with E-state index < -0.39 is 12.0 Å². The molecule has 4 nitrogen and oxygen atoms in total. The zero-order valence-electron chi connectivity index (χ0n) is 9.40. The third-order valence-electron chi connectivity index (χ3n) is 3.08. The number of likely N-dealkylation sites (tertiary alicyclic amines) is 1. The molecule has 0 radical (unpaired) electrons. The molecule has 1 rings (SSSR count). The molecule has 4 heteroatoms. The lowest BCUT2D eigenvalue weighted by molar-refractivity contribution is -0.148. The van der Waals surface area contributed by atoms with Crippen molar-refractivity contribution in [2.75, 3.05) is 6.54 Å². The number of carbonyl (C=O) groups is 2. The molecule has 1 N–H and O–H groups in total. The molecule has 86 valence electrons. The van der Waals surface area contributed by atoms with Gasteiger partial charge >= 0.3 is 5.97 Å². The molecule has 0 spiro atoms. The van der Waals surface area contributed by atoms with Gasteiger partial charge in [0.15, 0.2) is 0 Å². The van der Waals surface area contributed by atoms with E-state index in [0.717, 1.165) is 12.8 Å². The number of amides is 1. The lowest BCUT2D eigenvalue weighted by Gasteiger charge is -2.22. The Bertz CT molecular complexity index is 252. The van der Waals surface area contributed by atoms with Gasteiger partial charge in [-0.15, -0.1) is 0 Å². The van der Waals surface area contributed by atoms with Crippen molar-refractivity contribution in [3.63, 3.8) is 0 Å². The third kappa shape index (κ3) is 2.94. The van der Waals surface area contributed by atoms with E-state index in [1.54, 1.807) is 0 Å². The van der Waals surface area contributed by atoms with Crippen LogP contribution in [0.5, 0.6) is 0 Å². The molecule has 1 heterocycles. The van der Waals surface area contributed by atoms with E-state index in [1.165, 1.54) is 4.90 Å². The minimum Gasteiger partial charge on any atom is -0.480 e. The molecular formula is C11H19NO3. The normalized spacial score (nSPS) is 22.8. The van der Waals surface area contributed by atoms with Crippen LogP contribution in [0.1, 0.15) is 39.5 Å². The van der Waals surface area contributed by atoms with Crippen molar-refractivity contribution in [1.29, 1.82) is 0 Å². The Kier molecular flexibility index (Phi) is 4.12. The predicted octanol–water partition coefficient (Wildman–Crippen LogP) is 1.50. The minimum absolute atomic E-state index is 0.00532. The number of carboxylic acids is 1. The Morgan fingerprint density at radius 3 is 2.73 bits per heavy atom. The molecule has 1 unspecified atom stereocenters. The maximum Gasteiger partial charge on any atom is 0.326 e. The first-order valence-corrected chi connectivity index (χ1v) is 5.58. The van der Waals surface area contributed by atoms with E-state index in [0.29, 0.717) is 25.3 Å². The van der Waals surface area contributed by atoms with E-state index in [9.17, 15) is 9.59 Å². The summed E-state index contributed by atoms with van der Waals surface area (Å²) in [7, 11) is 0. The molecule has 0 bridgehead atoms. The van der Waals surface area contributed by atoms with Crippen LogP contribution in [0.25, 0.3) is 0 Å². The molecule has 15 heavy (non-hydrogen) atoms. The Balaban J connectivity index is 2.55. The van der Waals surface area contributed by atoms with Gasteiger partial charge in [0.2, 0.25) is 5.91 Å². The number of hydrogen-bond donors (Lipinski definition) is 1.